The van der Waals surface area contributed by atoms with E-state index >= 15 is 0 Å². The Hall–Kier alpha value is -1.88. The second-order valence-corrected chi connectivity index (χ2v) is 16.7. The van der Waals surface area contributed by atoms with Gasteiger partial charge in [-0.3, -0.25) is 9.59 Å². The van der Waals surface area contributed by atoms with E-state index in [2.05, 4.69) is 88.5 Å². The molecule has 0 aliphatic carbocycles. The van der Waals surface area contributed by atoms with Gasteiger partial charge in [0.1, 0.15) is 6.04 Å². The molecule has 2 atom stereocenters. The SMILES string of the molecule is CC/C=C\C/C=C\C/C=C\CCCCCCCC(=O)N(CCCN(C)C)C(C(=O)NCCCCCCCCCCCCCCCCCC)C(CC)CCCC. The first-order valence-electron chi connectivity index (χ1n) is 24.1. The Morgan fingerprint density at radius 3 is 1.55 bits per heavy atom. The van der Waals surface area contributed by atoms with Crippen molar-refractivity contribution in [2.24, 2.45) is 5.92 Å². The van der Waals surface area contributed by atoms with Gasteiger partial charge in [-0.05, 0) is 84.3 Å². The number of nitrogens with one attached hydrogen (secondary N) is 1. The largest absolute Gasteiger partial charge is 0.354 e. The van der Waals surface area contributed by atoms with Crippen LogP contribution < -0.4 is 5.32 Å². The predicted molar refractivity (Wildman–Crippen MR) is 244 cm³/mol. The molecule has 0 aromatic rings. The molecule has 0 aliphatic heterocycles. The van der Waals surface area contributed by atoms with E-state index in [-0.39, 0.29) is 23.8 Å². The number of carbonyl (C=O) groups is 2. The van der Waals surface area contributed by atoms with E-state index in [4.69, 9.17) is 0 Å². The van der Waals surface area contributed by atoms with Crippen LogP contribution in [-0.2, 0) is 9.59 Å². The number of nitrogens with zero attached hydrogens (tertiary/aromatic N) is 2. The lowest BCUT2D eigenvalue weighted by atomic mass is 9.89. The molecule has 55 heavy (non-hydrogen) atoms. The Morgan fingerprint density at radius 1 is 0.527 bits per heavy atom. The third-order valence-electron chi connectivity index (χ3n) is 11.2. The third kappa shape index (κ3) is 33.9. The van der Waals surface area contributed by atoms with E-state index in [9.17, 15) is 9.59 Å². The molecule has 0 aromatic heterocycles. The fourth-order valence-electron chi connectivity index (χ4n) is 7.67. The quantitative estimate of drug-likeness (QED) is 0.0498. The van der Waals surface area contributed by atoms with Crippen LogP contribution in [0.15, 0.2) is 36.5 Å². The Bertz CT molecular complexity index is 926. The summed E-state index contributed by atoms with van der Waals surface area (Å²) in [6.45, 7) is 11.2. The molecule has 0 bridgehead atoms. The number of allylic oxidation sites excluding steroid dienone is 6. The minimum Gasteiger partial charge on any atom is -0.354 e. The predicted octanol–water partition coefficient (Wildman–Crippen LogP) is 14.3. The van der Waals surface area contributed by atoms with Gasteiger partial charge >= 0.3 is 0 Å². The average Bonchev–Trinajstić information content (AvgIpc) is 3.17. The Labute approximate surface area is 344 Å². The average molecular weight is 770 g/mol. The van der Waals surface area contributed by atoms with E-state index in [1.54, 1.807) is 0 Å². The third-order valence-corrected chi connectivity index (χ3v) is 11.2. The Balaban J connectivity index is 4.75. The molecule has 0 saturated carbocycles. The van der Waals surface area contributed by atoms with Gasteiger partial charge in [-0.15, -0.1) is 0 Å². The molecule has 2 unspecified atom stereocenters. The zero-order valence-corrected chi connectivity index (χ0v) is 37.9. The number of unbranched alkanes of at least 4 members (excludes halogenated alkanes) is 21. The second kappa shape index (κ2) is 41.7. The molecule has 0 fully saturated rings. The topological polar surface area (TPSA) is 52.7 Å². The normalized spacial score (nSPS) is 13.1. The van der Waals surface area contributed by atoms with Crippen LogP contribution >= 0.6 is 0 Å². The molecule has 0 aromatic carbocycles. The van der Waals surface area contributed by atoms with Gasteiger partial charge in [0.15, 0.2) is 0 Å². The zero-order chi connectivity index (χ0) is 40.5. The van der Waals surface area contributed by atoms with Crippen molar-refractivity contribution in [1.29, 1.82) is 0 Å². The van der Waals surface area contributed by atoms with E-state index in [1.807, 2.05) is 4.90 Å². The number of amides is 2. The molecule has 5 heteroatoms. The molecule has 322 valence electrons. The number of hydrogen-bond acceptors (Lipinski definition) is 3. The van der Waals surface area contributed by atoms with Crippen LogP contribution in [0.4, 0.5) is 0 Å². The molecular weight excluding hydrogens is 675 g/mol. The van der Waals surface area contributed by atoms with Gasteiger partial charge in [-0.25, -0.2) is 0 Å². The van der Waals surface area contributed by atoms with Crippen LogP contribution in [0.1, 0.15) is 227 Å². The van der Waals surface area contributed by atoms with Crippen molar-refractivity contribution in [2.45, 2.75) is 233 Å². The second-order valence-electron chi connectivity index (χ2n) is 16.7. The van der Waals surface area contributed by atoms with Crippen LogP contribution in [0.2, 0.25) is 0 Å². The standard InChI is InChI=1S/C50H95N3O2/c1-7-11-14-16-18-20-22-24-26-28-30-32-34-36-38-40-44-51-50(55)49(47(10-4)42-13-9-3)53(46-41-45-52(5)6)48(54)43-39-37-35-33-31-29-27-25-23-21-19-17-15-12-8-2/h12,15,19,21,25,27,47,49H,7-11,13-14,16-18,20,22-24,26,28-46H2,1-6H3,(H,51,55)/b15-12-,21-19-,27-25-. The lowest BCUT2D eigenvalue weighted by Crippen LogP contribution is -2.54. The molecule has 0 rings (SSSR count). The van der Waals surface area contributed by atoms with E-state index in [0.717, 1.165) is 90.1 Å². The lowest BCUT2D eigenvalue weighted by Gasteiger charge is -2.36. The van der Waals surface area contributed by atoms with Gasteiger partial charge in [-0.1, -0.05) is 199 Å². The van der Waals surface area contributed by atoms with Gasteiger partial charge in [-0.2, -0.15) is 0 Å². The first-order valence-corrected chi connectivity index (χ1v) is 24.1. The van der Waals surface area contributed by atoms with Crippen LogP contribution in [-0.4, -0.2) is 61.4 Å². The first kappa shape index (κ1) is 53.1. The summed E-state index contributed by atoms with van der Waals surface area (Å²) in [6, 6.07) is -0.360. The van der Waals surface area contributed by atoms with Gasteiger partial charge in [0, 0.05) is 19.5 Å². The monoisotopic (exact) mass is 770 g/mol. The molecule has 0 heterocycles. The highest BCUT2D eigenvalue weighted by Crippen LogP contribution is 2.24. The van der Waals surface area contributed by atoms with Crippen molar-refractivity contribution in [3.05, 3.63) is 36.5 Å². The smallest absolute Gasteiger partial charge is 0.243 e. The summed E-state index contributed by atoms with van der Waals surface area (Å²) in [7, 11) is 4.18. The Kier molecular flexibility index (Phi) is 40.3. The molecule has 0 aliphatic rings. The molecule has 0 saturated heterocycles. The van der Waals surface area contributed by atoms with Gasteiger partial charge in [0.2, 0.25) is 11.8 Å². The van der Waals surface area contributed by atoms with Crippen molar-refractivity contribution < 1.29 is 9.59 Å². The summed E-state index contributed by atoms with van der Waals surface area (Å²) in [5.41, 5.74) is 0. The van der Waals surface area contributed by atoms with Crippen molar-refractivity contribution in [3.8, 4) is 0 Å². The van der Waals surface area contributed by atoms with Crippen LogP contribution in [0.3, 0.4) is 0 Å². The van der Waals surface area contributed by atoms with Gasteiger partial charge in [0.05, 0.1) is 0 Å². The zero-order valence-electron chi connectivity index (χ0n) is 37.9. The van der Waals surface area contributed by atoms with Crippen LogP contribution in [0.5, 0.6) is 0 Å². The number of carbonyl (C=O) groups excluding carboxylic acids is 2. The van der Waals surface area contributed by atoms with Gasteiger partial charge in [0.25, 0.3) is 0 Å². The molecular formula is C50H95N3O2. The van der Waals surface area contributed by atoms with E-state index in [1.165, 1.54) is 116 Å². The summed E-state index contributed by atoms with van der Waals surface area (Å²) in [6.07, 6.45) is 50.6. The molecule has 1 N–H and O–H groups in total. The summed E-state index contributed by atoms with van der Waals surface area (Å²) < 4.78 is 0. The fraction of sp³-hybridized carbons (Fsp3) is 0.840. The minimum atomic E-state index is -0.360. The molecule has 0 radical (unpaired) electrons. The van der Waals surface area contributed by atoms with Crippen molar-refractivity contribution >= 4 is 11.8 Å². The van der Waals surface area contributed by atoms with E-state index in [0.29, 0.717) is 13.0 Å². The molecule has 5 nitrogen and oxygen atoms in total. The highest BCUT2D eigenvalue weighted by atomic mass is 16.2. The molecule has 2 amide bonds. The highest BCUT2D eigenvalue weighted by Gasteiger charge is 2.34. The summed E-state index contributed by atoms with van der Waals surface area (Å²) in [5, 5.41) is 3.32. The van der Waals surface area contributed by atoms with Crippen molar-refractivity contribution in [3.63, 3.8) is 0 Å². The highest BCUT2D eigenvalue weighted by molar-refractivity contribution is 5.88. The van der Waals surface area contributed by atoms with Crippen molar-refractivity contribution in [2.75, 3.05) is 33.7 Å². The van der Waals surface area contributed by atoms with Crippen LogP contribution in [0, 0.1) is 5.92 Å². The minimum absolute atomic E-state index is 0.0824. The van der Waals surface area contributed by atoms with Crippen molar-refractivity contribution in [1.82, 2.24) is 15.1 Å². The van der Waals surface area contributed by atoms with Gasteiger partial charge < -0.3 is 15.1 Å². The molecule has 0 spiro atoms. The van der Waals surface area contributed by atoms with Crippen LogP contribution in [0.25, 0.3) is 0 Å². The number of hydrogen-bond donors (Lipinski definition) is 1. The summed E-state index contributed by atoms with van der Waals surface area (Å²) >= 11 is 0. The first-order chi connectivity index (χ1) is 26.9. The summed E-state index contributed by atoms with van der Waals surface area (Å²) in [5.74, 6) is 0.465. The maximum absolute atomic E-state index is 14.0. The fourth-order valence-corrected chi connectivity index (χ4v) is 7.67. The maximum atomic E-state index is 14.0. The maximum Gasteiger partial charge on any atom is 0.243 e. The van der Waals surface area contributed by atoms with E-state index < -0.39 is 0 Å². The summed E-state index contributed by atoms with van der Waals surface area (Å²) in [4.78, 5) is 32.1. The number of rotatable bonds is 41. The Morgan fingerprint density at radius 2 is 1.02 bits per heavy atom. The lowest BCUT2D eigenvalue weighted by molar-refractivity contribution is -0.143.